The van der Waals surface area contributed by atoms with Gasteiger partial charge in [-0.1, -0.05) is 6.07 Å². The molecule has 1 unspecified atom stereocenters. The second-order valence-electron chi connectivity index (χ2n) is 4.10. The molecular weight excluding hydrogens is 218 g/mol. The van der Waals surface area contributed by atoms with Gasteiger partial charge >= 0.3 is 5.97 Å². The summed E-state index contributed by atoms with van der Waals surface area (Å²) >= 11 is 0. The zero-order valence-electron chi connectivity index (χ0n) is 8.87. The molecule has 16 heavy (non-hydrogen) atoms. The third-order valence-electron chi connectivity index (χ3n) is 2.49. The third kappa shape index (κ3) is 2.19. The van der Waals surface area contributed by atoms with E-state index < -0.39 is 29.1 Å². The van der Waals surface area contributed by atoms with E-state index in [4.69, 9.17) is 5.11 Å². The summed E-state index contributed by atoms with van der Waals surface area (Å²) in [7, 11) is 0. The zero-order chi connectivity index (χ0) is 12.5. The maximum absolute atomic E-state index is 12.9. The Balaban J connectivity index is 3.10. The highest BCUT2D eigenvalue weighted by molar-refractivity contribution is 5.74. The van der Waals surface area contributed by atoms with Gasteiger partial charge in [-0.25, -0.2) is 8.78 Å². The second kappa shape index (κ2) is 4.17. The van der Waals surface area contributed by atoms with Gasteiger partial charge in [-0.15, -0.1) is 0 Å². The fourth-order valence-corrected chi connectivity index (χ4v) is 1.22. The van der Waals surface area contributed by atoms with Crippen molar-refractivity contribution in [2.24, 2.45) is 5.41 Å². The van der Waals surface area contributed by atoms with E-state index in [1.54, 1.807) is 0 Å². The first-order valence-electron chi connectivity index (χ1n) is 4.63. The minimum Gasteiger partial charge on any atom is -0.481 e. The number of halogens is 2. The summed E-state index contributed by atoms with van der Waals surface area (Å²) < 4.78 is 25.5. The van der Waals surface area contributed by atoms with E-state index in [2.05, 4.69) is 0 Å². The summed E-state index contributed by atoms with van der Waals surface area (Å²) in [5.41, 5.74) is -1.43. The SMILES string of the molecule is CC(C)(C(=O)O)C(O)c1ccc(F)c(F)c1. The van der Waals surface area contributed by atoms with Crippen molar-refractivity contribution < 1.29 is 23.8 Å². The molecule has 5 heteroatoms. The fourth-order valence-electron chi connectivity index (χ4n) is 1.22. The predicted octanol–water partition coefficient (Wildman–Crippen LogP) is 2.11. The van der Waals surface area contributed by atoms with E-state index in [0.29, 0.717) is 0 Å². The van der Waals surface area contributed by atoms with Crippen molar-refractivity contribution in [3.63, 3.8) is 0 Å². The van der Waals surface area contributed by atoms with Gasteiger partial charge in [0.1, 0.15) is 0 Å². The lowest BCUT2D eigenvalue weighted by atomic mass is 9.83. The van der Waals surface area contributed by atoms with Gasteiger partial charge in [-0.05, 0) is 31.5 Å². The van der Waals surface area contributed by atoms with Crippen LogP contribution in [0.4, 0.5) is 8.78 Å². The number of aliphatic hydroxyl groups is 1. The number of benzene rings is 1. The molecule has 0 fully saturated rings. The number of carbonyl (C=O) groups is 1. The molecule has 1 rings (SSSR count). The van der Waals surface area contributed by atoms with Gasteiger partial charge in [0.2, 0.25) is 0 Å². The molecule has 0 aromatic heterocycles. The Morgan fingerprint density at radius 3 is 2.31 bits per heavy atom. The highest BCUT2D eigenvalue weighted by Gasteiger charge is 2.36. The van der Waals surface area contributed by atoms with E-state index >= 15 is 0 Å². The van der Waals surface area contributed by atoms with E-state index in [1.165, 1.54) is 13.8 Å². The molecular formula is C11H12F2O3. The lowest BCUT2D eigenvalue weighted by Gasteiger charge is -2.26. The van der Waals surface area contributed by atoms with E-state index in [1.807, 2.05) is 0 Å². The van der Waals surface area contributed by atoms with Crippen LogP contribution in [0.5, 0.6) is 0 Å². The molecule has 2 N–H and O–H groups in total. The van der Waals surface area contributed by atoms with Crippen molar-refractivity contribution in [3.05, 3.63) is 35.4 Å². The van der Waals surface area contributed by atoms with Crippen LogP contribution in [0.25, 0.3) is 0 Å². The van der Waals surface area contributed by atoms with Gasteiger partial charge in [0, 0.05) is 0 Å². The van der Waals surface area contributed by atoms with Crippen molar-refractivity contribution in [2.75, 3.05) is 0 Å². The average Bonchev–Trinajstić information content (AvgIpc) is 2.20. The van der Waals surface area contributed by atoms with Gasteiger partial charge in [0.05, 0.1) is 11.5 Å². The van der Waals surface area contributed by atoms with Crippen molar-refractivity contribution >= 4 is 5.97 Å². The predicted molar refractivity (Wildman–Crippen MR) is 52.7 cm³/mol. The van der Waals surface area contributed by atoms with Crippen LogP contribution in [0.2, 0.25) is 0 Å². The van der Waals surface area contributed by atoms with Gasteiger partial charge in [-0.2, -0.15) is 0 Å². The van der Waals surface area contributed by atoms with Crippen molar-refractivity contribution in [1.82, 2.24) is 0 Å². The highest BCUT2D eigenvalue weighted by Crippen LogP contribution is 2.33. The van der Waals surface area contributed by atoms with Crippen LogP contribution in [0.3, 0.4) is 0 Å². The van der Waals surface area contributed by atoms with Crippen LogP contribution in [0.1, 0.15) is 25.5 Å². The molecule has 0 saturated heterocycles. The molecule has 1 atom stereocenters. The van der Waals surface area contributed by atoms with Crippen LogP contribution in [-0.4, -0.2) is 16.2 Å². The average molecular weight is 230 g/mol. The lowest BCUT2D eigenvalue weighted by molar-refractivity contribution is -0.153. The minimum absolute atomic E-state index is 0.0336. The van der Waals surface area contributed by atoms with E-state index in [-0.39, 0.29) is 5.56 Å². The Morgan fingerprint density at radius 2 is 1.88 bits per heavy atom. The van der Waals surface area contributed by atoms with Crippen molar-refractivity contribution in [2.45, 2.75) is 20.0 Å². The number of aliphatic carboxylic acids is 1. The second-order valence-corrected chi connectivity index (χ2v) is 4.10. The molecule has 0 heterocycles. The first kappa shape index (κ1) is 12.6. The molecule has 0 bridgehead atoms. The molecule has 3 nitrogen and oxygen atoms in total. The number of carboxylic acid groups (broad SMARTS) is 1. The molecule has 0 spiro atoms. The number of hydrogen-bond donors (Lipinski definition) is 2. The maximum atomic E-state index is 12.9. The minimum atomic E-state index is -1.47. The van der Waals surface area contributed by atoms with Gasteiger partial charge < -0.3 is 10.2 Å². The molecule has 1 aromatic carbocycles. The smallest absolute Gasteiger partial charge is 0.312 e. The molecule has 0 amide bonds. The topological polar surface area (TPSA) is 57.5 Å². The Hall–Kier alpha value is -1.49. The molecule has 0 saturated carbocycles. The number of rotatable bonds is 3. The number of carboxylic acids is 1. The van der Waals surface area contributed by atoms with Gasteiger partial charge in [0.15, 0.2) is 11.6 Å². The summed E-state index contributed by atoms with van der Waals surface area (Å²) in [5.74, 6) is -3.37. The highest BCUT2D eigenvalue weighted by atomic mass is 19.2. The Morgan fingerprint density at radius 1 is 1.31 bits per heavy atom. The van der Waals surface area contributed by atoms with Crippen molar-refractivity contribution in [3.8, 4) is 0 Å². The standard InChI is InChI=1S/C11H12F2O3/c1-11(2,10(15)16)9(14)6-3-4-7(12)8(13)5-6/h3-5,9,14H,1-2H3,(H,15,16). The van der Waals surface area contributed by atoms with Crippen LogP contribution in [0, 0.1) is 17.0 Å². The van der Waals surface area contributed by atoms with Gasteiger partial charge in [-0.3, -0.25) is 4.79 Å². The Bertz CT molecular complexity index is 416. The normalized spacial score (nSPS) is 13.6. The molecule has 0 aliphatic heterocycles. The maximum Gasteiger partial charge on any atom is 0.312 e. The monoisotopic (exact) mass is 230 g/mol. The molecule has 88 valence electrons. The number of hydrogen-bond acceptors (Lipinski definition) is 2. The van der Waals surface area contributed by atoms with E-state index in [0.717, 1.165) is 18.2 Å². The van der Waals surface area contributed by atoms with Gasteiger partial charge in [0.25, 0.3) is 0 Å². The van der Waals surface area contributed by atoms with Crippen molar-refractivity contribution in [1.29, 1.82) is 0 Å². The van der Waals surface area contributed by atoms with Crippen LogP contribution in [-0.2, 0) is 4.79 Å². The first-order valence-corrected chi connectivity index (χ1v) is 4.63. The quantitative estimate of drug-likeness (QED) is 0.836. The molecule has 0 radical (unpaired) electrons. The lowest BCUT2D eigenvalue weighted by Crippen LogP contribution is -2.31. The third-order valence-corrected chi connectivity index (χ3v) is 2.49. The Labute approximate surface area is 91.3 Å². The number of aliphatic hydroxyl groups excluding tert-OH is 1. The Kier molecular flexibility index (Phi) is 3.28. The molecule has 0 aliphatic carbocycles. The largest absolute Gasteiger partial charge is 0.481 e. The summed E-state index contributed by atoms with van der Waals surface area (Å²) in [6.45, 7) is 2.61. The van der Waals surface area contributed by atoms with E-state index in [9.17, 15) is 18.7 Å². The summed E-state index contributed by atoms with van der Waals surface area (Å²) in [5, 5.41) is 18.6. The first-order chi connectivity index (χ1) is 7.26. The fraction of sp³-hybridized carbons (Fsp3) is 0.364. The molecule has 0 aliphatic rings. The van der Waals surface area contributed by atoms with Crippen LogP contribution in [0.15, 0.2) is 18.2 Å². The summed E-state index contributed by atoms with van der Waals surface area (Å²) in [4.78, 5) is 10.9. The summed E-state index contributed by atoms with van der Waals surface area (Å²) in [6, 6.07) is 2.81. The summed E-state index contributed by atoms with van der Waals surface area (Å²) in [6.07, 6.45) is -1.40. The zero-order valence-corrected chi connectivity index (χ0v) is 8.87. The molecule has 1 aromatic rings. The van der Waals surface area contributed by atoms with Crippen LogP contribution < -0.4 is 0 Å². The van der Waals surface area contributed by atoms with Crippen LogP contribution >= 0.6 is 0 Å².